The van der Waals surface area contributed by atoms with Crippen molar-refractivity contribution in [3.05, 3.63) is 70.3 Å². The minimum Gasteiger partial charge on any atom is -0.496 e. The number of benzene rings is 2. The zero-order chi connectivity index (χ0) is 23.0. The van der Waals surface area contributed by atoms with Gasteiger partial charge in [-0.3, -0.25) is 4.79 Å². The van der Waals surface area contributed by atoms with Gasteiger partial charge >= 0.3 is 18.6 Å². The topological polar surface area (TPSA) is 99.1 Å². The van der Waals surface area contributed by atoms with E-state index in [1.54, 1.807) is 19.1 Å². The Hall–Kier alpha value is -3.87. The third-order valence-corrected chi connectivity index (χ3v) is 4.58. The number of ether oxygens (including phenoxy) is 3. The summed E-state index contributed by atoms with van der Waals surface area (Å²) in [6, 6.07) is 9.31. The molecule has 0 aliphatic carbocycles. The van der Waals surface area contributed by atoms with Crippen molar-refractivity contribution in [1.29, 1.82) is 0 Å². The van der Waals surface area contributed by atoms with Gasteiger partial charge in [-0.25, -0.2) is 9.59 Å². The Morgan fingerprint density at radius 2 is 1.81 bits per heavy atom. The molecule has 0 aliphatic rings. The van der Waals surface area contributed by atoms with Crippen molar-refractivity contribution in [1.82, 2.24) is 0 Å². The molecule has 7 nitrogen and oxygen atoms in total. The quantitative estimate of drug-likeness (QED) is 0.150. The maximum Gasteiger partial charge on any atom is 0.521 e. The molecule has 7 heteroatoms. The van der Waals surface area contributed by atoms with Gasteiger partial charge in [-0.1, -0.05) is 48.1 Å². The molecule has 0 atom stereocenters. The van der Waals surface area contributed by atoms with Gasteiger partial charge in [-0.05, 0) is 43.4 Å². The van der Waals surface area contributed by atoms with Crippen LogP contribution in [0, 0.1) is 6.92 Å². The second kappa shape index (κ2) is 10.8. The van der Waals surface area contributed by atoms with Crippen molar-refractivity contribution < 1.29 is 33.7 Å². The van der Waals surface area contributed by atoms with Crippen molar-refractivity contribution in [3.8, 4) is 11.5 Å². The van der Waals surface area contributed by atoms with E-state index in [9.17, 15) is 19.5 Å². The molecule has 0 amide bonds. The van der Waals surface area contributed by atoms with Gasteiger partial charge < -0.3 is 19.3 Å². The molecule has 0 aliphatic heterocycles. The summed E-state index contributed by atoms with van der Waals surface area (Å²) in [5.74, 6) is -1.15. The Labute approximate surface area is 180 Å². The second-order valence-electron chi connectivity index (χ2n) is 6.83. The zero-order valence-corrected chi connectivity index (χ0v) is 17.6. The first-order valence-corrected chi connectivity index (χ1v) is 9.46. The van der Waals surface area contributed by atoms with E-state index in [2.05, 4.69) is 11.3 Å². The van der Waals surface area contributed by atoms with Crippen LogP contribution in [0.5, 0.6) is 11.5 Å². The molecule has 0 unspecified atom stereocenters. The van der Waals surface area contributed by atoms with E-state index < -0.39 is 12.1 Å². The third-order valence-electron chi connectivity index (χ3n) is 4.58. The molecule has 0 saturated heterocycles. The summed E-state index contributed by atoms with van der Waals surface area (Å²) in [5.41, 5.74) is 2.73. The number of hydrogen-bond acceptors (Lipinski definition) is 6. The first-order chi connectivity index (χ1) is 14.8. The third kappa shape index (κ3) is 5.82. The fourth-order valence-electron chi connectivity index (χ4n) is 3.18. The van der Waals surface area contributed by atoms with Gasteiger partial charge in [0.2, 0.25) is 0 Å². The van der Waals surface area contributed by atoms with E-state index in [4.69, 9.17) is 9.47 Å². The van der Waals surface area contributed by atoms with Gasteiger partial charge in [0.15, 0.2) is 5.75 Å². The van der Waals surface area contributed by atoms with Crippen LogP contribution in [-0.2, 0) is 16.0 Å². The number of carbonyl (C=O) groups is 3. The number of carbonyl (C=O) groups excluding carboxylic acids is 2. The summed E-state index contributed by atoms with van der Waals surface area (Å²) >= 11 is 0. The van der Waals surface area contributed by atoms with Crippen molar-refractivity contribution >= 4 is 30.7 Å². The van der Waals surface area contributed by atoms with E-state index in [0.717, 1.165) is 11.1 Å². The maximum absolute atomic E-state index is 12.2. The van der Waals surface area contributed by atoms with Gasteiger partial charge in [0.05, 0.1) is 7.11 Å². The highest BCUT2D eigenvalue weighted by molar-refractivity contribution is 5.99. The summed E-state index contributed by atoms with van der Waals surface area (Å²) < 4.78 is 15.0. The molecule has 0 aromatic heterocycles. The fraction of sp³-hybridized carbons (Fsp3) is 0.208. The molecular weight excluding hydrogens is 400 g/mol. The maximum atomic E-state index is 12.2. The van der Waals surface area contributed by atoms with Crippen LogP contribution in [0.25, 0.3) is 12.2 Å². The van der Waals surface area contributed by atoms with E-state index in [1.165, 1.54) is 7.11 Å². The van der Waals surface area contributed by atoms with Crippen LogP contribution in [0.1, 0.15) is 46.0 Å². The van der Waals surface area contributed by atoms with Crippen LogP contribution < -0.4 is 9.47 Å². The molecule has 2 aromatic rings. The minimum absolute atomic E-state index is 0.0853. The Kier molecular flexibility index (Phi) is 8.14. The van der Waals surface area contributed by atoms with Crippen LogP contribution in [0.3, 0.4) is 0 Å². The van der Waals surface area contributed by atoms with Gasteiger partial charge in [0.1, 0.15) is 11.3 Å². The average molecular weight is 424 g/mol. The average Bonchev–Trinajstić information content (AvgIpc) is 2.72. The molecule has 0 radical (unpaired) electrons. The summed E-state index contributed by atoms with van der Waals surface area (Å²) in [7, 11) is 1.45. The van der Waals surface area contributed by atoms with Gasteiger partial charge in [0.25, 0.3) is 0 Å². The lowest BCUT2D eigenvalue weighted by Crippen LogP contribution is -2.16. The number of carboxylic acid groups (broad SMARTS) is 1. The Morgan fingerprint density at radius 3 is 2.35 bits per heavy atom. The number of aromatic carboxylic acids is 1. The molecule has 0 spiro atoms. The number of hydrogen-bond donors (Lipinski definition) is 1. The van der Waals surface area contributed by atoms with Crippen molar-refractivity contribution in [2.75, 3.05) is 7.11 Å². The lowest BCUT2D eigenvalue weighted by atomic mass is 9.92. The first-order valence-electron chi connectivity index (χ1n) is 9.46. The molecule has 2 aromatic carbocycles. The Balaban J connectivity index is 2.78. The van der Waals surface area contributed by atoms with E-state index in [-0.39, 0.29) is 17.8 Å². The highest BCUT2D eigenvalue weighted by Gasteiger charge is 2.28. The van der Waals surface area contributed by atoms with Gasteiger partial charge in [-0.2, -0.15) is 0 Å². The summed E-state index contributed by atoms with van der Waals surface area (Å²) in [5, 5.41) is 9.98. The molecular formula is C24H24O7. The van der Waals surface area contributed by atoms with Crippen molar-refractivity contribution in [2.45, 2.75) is 26.7 Å². The lowest BCUT2D eigenvalue weighted by molar-refractivity contribution is -0.124. The lowest BCUT2D eigenvalue weighted by Gasteiger charge is -2.21. The van der Waals surface area contributed by atoms with Gasteiger partial charge in [-0.15, -0.1) is 6.58 Å². The largest absolute Gasteiger partial charge is 0.521 e. The fourth-order valence-corrected chi connectivity index (χ4v) is 3.18. The predicted octanol–water partition coefficient (Wildman–Crippen LogP) is 5.05. The highest BCUT2D eigenvalue weighted by Crippen LogP contribution is 2.41. The molecule has 1 N–H and O–H groups in total. The van der Waals surface area contributed by atoms with Gasteiger partial charge in [0, 0.05) is 5.56 Å². The number of rotatable bonds is 9. The Morgan fingerprint density at radius 1 is 1.13 bits per heavy atom. The van der Waals surface area contributed by atoms with Crippen LogP contribution in [0.15, 0.2) is 42.5 Å². The molecule has 0 heterocycles. The van der Waals surface area contributed by atoms with Crippen LogP contribution in [0.2, 0.25) is 0 Å². The highest BCUT2D eigenvalue weighted by atomic mass is 16.7. The smallest absolute Gasteiger partial charge is 0.496 e. The van der Waals surface area contributed by atoms with Crippen LogP contribution >= 0.6 is 0 Å². The van der Waals surface area contributed by atoms with Crippen LogP contribution in [0.4, 0.5) is 4.79 Å². The summed E-state index contributed by atoms with van der Waals surface area (Å²) in [6.07, 6.45) is 2.85. The molecule has 0 fully saturated rings. The van der Waals surface area contributed by atoms with E-state index in [1.807, 2.05) is 37.3 Å². The summed E-state index contributed by atoms with van der Waals surface area (Å²) in [4.78, 5) is 34.7. The molecule has 31 heavy (non-hydrogen) atoms. The predicted molar refractivity (Wildman–Crippen MR) is 116 cm³/mol. The molecule has 0 saturated carbocycles. The number of methoxy groups -OCH3 is 1. The summed E-state index contributed by atoms with van der Waals surface area (Å²) in [6.45, 7) is 7.33. The van der Waals surface area contributed by atoms with E-state index in [0.29, 0.717) is 35.3 Å². The monoisotopic (exact) mass is 424 g/mol. The van der Waals surface area contributed by atoms with Crippen LogP contribution in [-0.4, -0.2) is 30.8 Å². The minimum atomic E-state index is -1.34. The number of carboxylic acids is 1. The molecule has 0 bridgehead atoms. The Bertz CT molecular complexity index is 1020. The second-order valence-corrected chi connectivity index (χ2v) is 6.83. The van der Waals surface area contributed by atoms with Crippen molar-refractivity contribution in [2.24, 2.45) is 0 Å². The van der Waals surface area contributed by atoms with E-state index >= 15 is 0 Å². The van der Waals surface area contributed by atoms with Crippen molar-refractivity contribution in [3.63, 3.8) is 0 Å². The zero-order valence-electron chi connectivity index (χ0n) is 17.6. The standard InChI is InChI=1S/C24H24O7/c1-15(2)10-12-19-21(29-4)16(3)18(13-11-17-8-6-5-7-9-17)20(23(26)27)22(19)31-24(28)30-14-25/h5-9,11,13-14H,1,10,12H2,2-4H3,(H,26,27). The number of allylic oxidation sites excluding steroid dienone is 1. The first kappa shape index (κ1) is 23.4. The normalized spacial score (nSPS) is 10.5. The molecule has 2 rings (SSSR count). The molecule has 162 valence electrons. The SMILES string of the molecule is C=C(C)CCc1c(OC)c(C)c(C=Cc2ccccc2)c(C(=O)O)c1OC(=O)OC=O.